The molecule has 1 amide bonds. The predicted octanol–water partition coefficient (Wildman–Crippen LogP) is 2.71. The van der Waals surface area contributed by atoms with Crippen LogP contribution >= 0.6 is 0 Å². The van der Waals surface area contributed by atoms with Crippen molar-refractivity contribution in [2.75, 3.05) is 20.2 Å². The van der Waals surface area contributed by atoms with Crippen LogP contribution in [0.2, 0.25) is 0 Å². The Morgan fingerprint density at radius 2 is 2.18 bits per heavy atom. The highest BCUT2D eigenvalue weighted by Gasteiger charge is 2.22. The topological polar surface area (TPSA) is 41.6 Å². The van der Waals surface area contributed by atoms with Crippen LogP contribution in [0.15, 0.2) is 24.3 Å². The molecule has 1 atom stereocenters. The van der Waals surface area contributed by atoms with E-state index in [-0.39, 0.29) is 5.91 Å². The first-order valence-corrected chi connectivity index (χ1v) is 8.30. The van der Waals surface area contributed by atoms with E-state index in [2.05, 4.69) is 23.2 Å². The molecular formula is C18H28N2O2. The van der Waals surface area contributed by atoms with E-state index < -0.39 is 0 Å². The maximum atomic E-state index is 12.2. The van der Waals surface area contributed by atoms with Gasteiger partial charge in [0.05, 0.1) is 13.2 Å². The summed E-state index contributed by atoms with van der Waals surface area (Å²) in [6, 6.07) is 8.74. The summed E-state index contributed by atoms with van der Waals surface area (Å²) in [5.41, 5.74) is 2.25. The first-order valence-electron chi connectivity index (χ1n) is 8.30. The molecule has 1 aromatic carbocycles. The molecule has 1 saturated heterocycles. The number of likely N-dealkylation sites (tertiary alicyclic amines) is 1. The molecule has 0 radical (unpaired) electrons. The van der Waals surface area contributed by atoms with Gasteiger partial charge in [0.15, 0.2) is 0 Å². The average Bonchev–Trinajstić information content (AvgIpc) is 2.54. The summed E-state index contributed by atoms with van der Waals surface area (Å²) in [5.74, 6) is 0.123. The summed E-state index contributed by atoms with van der Waals surface area (Å²) in [5, 5.41) is 3.04. The lowest BCUT2D eigenvalue weighted by Gasteiger charge is -2.34. The van der Waals surface area contributed by atoms with E-state index in [1.807, 2.05) is 18.2 Å². The zero-order chi connectivity index (χ0) is 15.8. The smallest absolute Gasteiger partial charge is 0.234 e. The van der Waals surface area contributed by atoms with Crippen LogP contribution in [0.25, 0.3) is 0 Å². The van der Waals surface area contributed by atoms with E-state index in [1.54, 1.807) is 7.11 Å². The van der Waals surface area contributed by atoms with Crippen LogP contribution in [0, 0.1) is 0 Å². The molecule has 0 aliphatic carbocycles. The molecule has 1 N–H and O–H groups in total. The van der Waals surface area contributed by atoms with Crippen LogP contribution < -0.4 is 5.32 Å². The normalized spacial score (nSPS) is 19.1. The van der Waals surface area contributed by atoms with Gasteiger partial charge in [-0.15, -0.1) is 0 Å². The molecule has 1 aliphatic rings. The molecule has 4 heteroatoms. The maximum Gasteiger partial charge on any atom is 0.234 e. The quantitative estimate of drug-likeness (QED) is 0.842. The average molecular weight is 304 g/mol. The third-order valence-electron chi connectivity index (χ3n) is 4.36. The number of piperidine rings is 1. The lowest BCUT2D eigenvalue weighted by atomic mass is 10.00. The number of carbonyl (C=O) groups excluding carboxylic acids is 1. The highest BCUT2D eigenvalue weighted by Crippen LogP contribution is 2.18. The maximum absolute atomic E-state index is 12.2. The highest BCUT2D eigenvalue weighted by molar-refractivity contribution is 5.78. The number of rotatable bonds is 7. The molecule has 0 aromatic heterocycles. The van der Waals surface area contributed by atoms with E-state index in [0.29, 0.717) is 25.7 Å². The Morgan fingerprint density at radius 3 is 2.95 bits per heavy atom. The first-order chi connectivity index (χ1) is 10.7. The van der Waals surface area contributed by atoms with Gasteiger partial charge in [0, 0.05) is 19.7 Å². The van der Waals surface area contributed by atoms with Crippen LogP contribution in [0.1, 0.15) is 43.7 Å². The minimum absolute atomic E-state index is 0.123. The van der Waals surface area contributed by atoms with Crippen molar-refractivity contribution in [3.05, 3.63) is 35.4 Å². The minimum atomic E-state index is 0.123. The Hall–Kier alpha value is -1.39. The summed E-state index contributed by atoms with van der Waals surface area (Å²) < 4.78 is 5.14. The van der Waals surface area contributed by atoms with Crippen molar-refractivity contribution in [2.45, 2.75) is 51.8 Å². The molecule has 0 saturated carbocycles. The molecule has 1 heterocycles. The fourth-order valence-electron chi connectivity index (χ4n) is 3.17. The number of carbonyl (C=O) groups is 1. The van der Waals surface area contributed by atoms with Crippen LogP contribution in [-0.2, 0) is 22.7 Å². The Labute approximate surface area is 133 Å². The predicted molar refractivity (Wildman–Crippen MR) is 88.5 cm³/mol. The second-order valence-corrected chi connectivity index (χ2v) is 6.06. The van der Waals surface area contributed by atoms with Gasteiger partial charge in [-0.2, -0.15) is 0 Å². The van der Waals surface area contributed by atoms with Gasteiger partial charge in [0.25, 0.3) is 0 Å². The van der Waals surface area contributed by atoms with Gasteiger partial charge in [-0.25, -0.2) is 0 Å². The van der Waals surface area contributed by atoms with Crippen molar-refractivity contribution in [1.29, 1.82) is 0 Å². The largest absolute Gasteiger partial charge is 0.380 e. The number of nitrogens with one attached hydrogen (secondary N) is 1. The van der Waals surface area contributed by atoms with Gasteiger partial charge in [0.2, 0.25) is 5.91 Å². The van der Waals surface area contributed by atoms with Crippen LogP contribution in [0.5, 0.6) is 0 Å². The Bertz CT molecular complexity index is 476. The van der Waals surface area contributed by atoms with Gasteiger partial charge in [-0.05, 0) is 36.9 Å². The number of ether oxygens (including phenoxy) is 1. The summed E-state index contributed by atoms with van der Waals surface area (Å²) in [6.07, 6.45) is 4.86. The second kappa shape index (κ2) is 8.91. The van der Waals surface area contributed by atoms with E-state index in [0.717, 1.165) is 24.1 Å². The standard InChI is InChI=1S/C18H28N2O2/c1-3-17-9-4-5-10-20(17)13-18(21)19-12-15-7-6-8-16(11-15)14-22-2/h6-8,11,17H,3-5,9-10,12-14H2,1-2H3,(H,19,21). The number of nitrogens with zero attached hydrogens (tertiary/aromatic N) is 1. The third-order valence-corrected chi connectivity index (χ3v) is 4.36. The molecular weight excluding hydrogens is 276 g/mol. The zero-order valence-corrected chi connectivity index (χ0v) is 13.8. The molecule has 0 bridgehead atoms. The van der Waals surface area contributed by atoms with E-state index in [4.69, 9.17) is 4.74 Å². The number of hydrogen-bond donors (Lipinski definition) is 1. The molecule has 122 valence electrons. The van der Waals surface area contributed by atoms with Crippen LogP contribution in [-0.4, -0.2) is 37.0 Å². The lowest BCUT2D eigenvalue weighted by molar-refractivity contribution is -0.123. The number of amides is 1. The molecule has 4 nitrogen and oxygen atoms in total. The summed E-state index contributed by atoms with van der Waals surface area (Å²) in [7, 11) is 1.69. The highest BCUT2D eigenvalue weighted by atomic mass is 16.5. The van der Waals surface area contributed by atoms with Gasteiger partial charge in [0.1, 0.15) is 0 Å². The molecule has 22 heavy (non-hydrogen) atoms. The molecule has 1 aromatic rings. The number of methoxy groups -OCH3 is 1. The first kappa shape index (κ1) is 17.0. The van der Waals surface area contributed by atoms with E-state index >= 15 is 0 Å². The van der Waals surface area contributed by atoms with Gasteiger partial charge in [-0.3, -0.25) is 9.69 Å². The van der Waals surface area contributed by atoms with Crippen molar-refractivity contribution in [2.24, 2.45) is 0 Å². The van der Waals surface area contributed by atoms with Crippen molar-refractivity contribution in [3.8, 4) is 0 Å². The summed E-state index contributed by atoms with van der Waals surface area (Å²) >= 11 is 0. The SMILES string of the molecule is CCC1CCCCN1CC(=O)NCc1cccc(COC)c1. The molecule has 1 aliphatic heterocycles. The van der Waals surface area contributed by atoms with Gasteiger partial charge in [-0.1, -0.05) is 37.6 Å². The lowest BCUT2D eigenvalue weighted by Crippen LogP contribution is -2.45. The zero-order valence-electron chi connectivity index (χ0n) is 13.8. The van der Waals surface area contributed by atoms with Crippen LogP contribution in [0.3, 0.4) is 0 Å². The van der Waals surface area contributed by atoms with Crippen molar-refractivity contribution >= 4 is 5.91 Å². The van der Waals surface area contributed by atoms with E-state index in [1.165, 1.54) is 19.3 Å². The van der Waals surface area contributed by atoms with Gasteiger partial charge < -0.3 is 10.1 Å². The van der Waals surface area contributed by atoms with Crippen molar-refractivity contribution < 1.29 is 9.53 Å². The Kier molecular flexibility index (Phi) is 6.87. The van der Waals surface area contributed by atoms with Crippen LogP contribution in [0.4, 0.5) is 0 Å². The molecule has 0 spiro atoms. The Balaban J connectivity index is 1.80. The summed E-state index contributed by atoms with van der Waals surface area (Å²) in [4.78, 5) is 14.5. The summed E-state index contributed by atoms with van der Waals surface area (Å²) in [6.45, 7) is 4.97. The second-order valence-electron chi connectivity index (χ2n) is 6.06. The van der Waals surface area contributed by atoms with E-state index in [9.17, 15) is 4.79 Å². The molecule has 1 unspecified atom stereocenters. The molecule has 2 rings (SSSR count). The fourth-order valence-corrected chi connectivity index (χ4v) is 3.17. The third kappa shape index (κ3) is 5.11. The fraction of sp³-hybridized carbons (Fsp3) is 0.611. The number of hydrogen-bond acceptors (Lipinski definition) is 3. The van der Waals surface area contributed by atoms with Crippen molar-refractivity contribution in [1.82, 2.24) is 10.2 Å². The monoisotopic (exact) mass is 304 g/mol. The Morgan fingerprint density at radius 1 is 1.36 bits per heavy atom. The van der Waals surface area contributed by atoms with Crippen molar-refractivity contribution in [3.63, 3.8) is 0 Å². The minimum Gasteiger partial charge on any atom is -0.380 e. The van der Waals surface area contributed by atoms with Gasteiger partial charge >= 0.3 is 0 Å². The molecule has 1 fully saturated rings. The number of benzene rings is 1.